The molecule has 1 rings (SSSR count). The second kappa shape index (κ2) is 8.25. The number of unbranched alkanes of at least 4 members (excludes halogenated alkanes) is 1. The van der Waals surface area contributed by atoms with Gasteiger partial charge in [0.2, 0.25) is 0 Å². The Morgan fingerprint density at radius 1 is 1.25 bits per heavy atom. The number of hydrogen-bond acceptors (Lipinski definition) is 3. The normalized spacial score (nSPS) is 10.9. The smallest absolute Gasteiger partial charge is 0.0543 e. The molecular weight excluding hydrogens is 200 g/mol. The van der Waals surface area contributed by atoms with Crippen molar-refractivity contribution in [1.29, 1.82) is 0 Å². The lowest BCUT2D eigenvalue weighted by atomic mass is 10.2. The van der Waals surface area contributed by atoms with Crippen molar-refractivity contribution in [3.05, 3.63) is 30.1 Å². The van der Waals surface area contributed by atoms with Crippen LogP contribution in [0, 0.1) is 0 Å². The van der Waals surface area contributed by atoms with Crippen molar-refractivity contribution in [2.75, 3.05) is 19.7 Å². The van der Waals surface area contributed by atoms with E-state index in [0.717, 1.165) is 31.7 Å². The van der Waals surface area contributed by atoms with Gasteiger partial charge in [-0.05, 0) is 31.5 Å². The molecule has 0 amide bonds. The molecule has 1 heterocycles. The monoisotopic (exact) mass is 222 g/mol. The summed E-state index contributed by atoms with van der Waals surface area (Å²) in [5.74, 6) is 0. The number of aromatic nitrogens is 1. The van der Waals surface area contributed by atoms with Crippen molar-refractivity contribution in [2.24, 2.45) is 0 Å². The highest BCUT2D eigenvalue weighted by Gasteiger charge is 2.05. The van der Waals surface area contributed by atoms with Gasteiger partial charge in [0.25, 0.3) is 0 Å². The lowest BCUT2D eigenvalue weighted by Crippen LogP contribution is -2.26. The molecule has 0 aromatic carbocycles. The third-order valence-corrected chi connectivity index (χ3v) is 2.57. The van der Waals surface area contributed by atoms with Gasteiger partial charge in [-0.3, -0.25) is 9.88 Å². The summed E-state index contributed by atoms with van der Waals surface area (Å²) in [5, 5.41) is 8.86. The van der Waals surface area contributed by atoms with Crippen molar-refractivity contribution < 1.29 is 5.11 Å². The zero-order valence-corrected chi connectivity index (χ0v) is 10.1. The van der Waals surface area contributed by atoms with Crippen LogP contribution in [-0.4, -0.2) is 34.7 Å². The van der Waals surface area contributed by atoms with E-state index in [9.17, 15) is 0 Å². The molecule has 90 valence electrons. The van der Waals surface area contributed by atoms with Gasteiger partial charge in [0.1, 0.15) is 0 Å². The molecule has 1 aromatic rings. The van der Waals surface area contributed by atoms with Crippen LogP contribution >= 0.6 is 0 Å². The van der Waals surface area contributed by atoms with Gasteiger partial charge in [-0.25, -0.2) is 0 Å². The van der Waals surface area contributed by atoms with Crippen LogP contribution in [0.2, 0.25) is 0 Å². The van der Waals surface area contributed by atoms with E-state index in [1.807, 2.05) is 18.3 Å². The molecule has 0 unspecified atom stereocenters. The fourth-order valence-electron chi connectivity index (χ4n) is 1.67. The molecule has 0 fully saturated rings. The van der Waals surface area contributed by atoms with Gasteiger partial charge in [-0.2, -0.15) is 0 Å². The number of hydrogen-bond donors (Lipinski definition) is 1. The maximum atomic E-state index is 8.86. The van der Waals surface area contributed by atoms with Crippen molar-refractivity contribution in [1.82, 2.24) is 9.88 Å². The minimum absolute atomic E-state index is 0.269. The van der Waals surface area contributed by atoms with Crippen LogP contribution in [0.15, 0.2) is 24.4 Å². The third-order valence-electron chi connectivity index (χ3n) is 2.57. The first-order valence-corrected chi connectivity index (χ1v) is 6.10. The summed E-state index contributed by atoms with van der Waals surface area (Å²) < 4.78 is 0. The van der Waals surface area contributed by atoms with Gasteiger partial charge < -0.3 is 5.11 Å². The Labute approximate surface area is 98.1 Å². The first-order chi connectivity index (χ1) is 7.86. The predicted molar refractivity (Wildman–Crippen MR) is 66.1 cm³/mol. The molecule has 0 bridgehead atoms. The molecule has 0 radical (unpaired) electrons. The van der Waals surface area contributed by atoms with Crippen LogP contribution in [0.5, 0.6) is 0 Å². The quantitative estimate of drug-likeness (QED) is 0.731. The Hall–Kier alpha value is -0.930. The standard InChI is InChI=1S/C13H22N2O/c1-2-3-9-15(10-6-11-16)12-13-7-4-5-8-14-13/h4-5,7-8,16H,2-3,6,9-12H2,1H3. The van der Waals surface area contributed by atoms with Gasteiger partial charge >= 0.3 is 0 Å². The largest absolute Gasteiger partial charge is 0.396 e. The van der Waals surface area contributed by atoms with Gasteiger partial charge in [-0.1, -0.05) is 19.4 Å². The van der Waals surface area contributed by atoms with E-state index >= 15 is 0 Å². The van der Waals surface area contributed by atoms with E-state index < -0.39 is 0 Å². The maximum Gasteiger partial charge on any atom is 0.0543 e. The molecule has 1 N–H and O–H groups in total. The molecule has 3 nitrogen and oxygen atoms in total. The molecular formula is C13H22N2O. The molecule has 0 aliphatic carbocycles. The summed E-state index contributed by atoms with van der Waals surface area (Å²) in [6, 6.07) is 6.01. The molecule has 0 saturated carbocycles. The minimum Gasteiger partial charge on any atom is -0.396 e. The van der Waals surface area contributed by atoms with Crippen molar-refractivity contribution in [2.45, 2.75) is 32.7 Å². The summed E-state index contributed by atoms with van der Waals surface area (Å²) in [6.07, 6.45) is 5.09. The van der Waals surface area contributed by atoms with Crippen LogP contribution in [0.1, 0.15) is 31.9 Å². The van der Waals surface area contributed by atoms with E-state index in [1.165, 1.54) is 12.8 Å². The van der Waals surface area contributed by atoms with Gasteiger partial charge in [0, 0.05) is 25.9 Å². The Kier molecular flexibility index (Phi) is 6.77. The van der Waals surface area contributed by atoms with Gasteiger partial charge in [0.15, 0.2) is 0 Å². The number of nitrogens with zero attached hydrogens (tertiary/aromatic N) is 2. The molecule has 16 heavy (non-hydrogen) atoms. The van der Waals surface area contributed by atoms with Crippen LogP contribution in [0.4, 0.5) is 0 Å². The van der Waals surface area contributed by atoms with Crippen molar-refractivity contribution in [3.8, 4) is 0 Å². The first kappa shape index (κ1) is 13.1. The van der Waals surface area contributed by atoms with Gasteiger partial charge in [0.05, 0.1) is 5.69 Å². The average molecular weight is 222 g/mol. The van der Waals surface area contributed by atoms with Crippen molar-refractivity contribution >= 4 is 0 Å². The third kappa shape index (κ3) is 5.24. The minimum atomic E-state index is 0.269. The average Bonchev–Trinajstić information content (AvgIpc) is 2.34. The zero-order chi connectivity index (χ0) is 11.6. The van der Waals surface area contributed by atoms with Crippen LogP contribution in [0.3, 0.4) is 0 Å². The summed E-state index contributed by atoms with van der Waals surface area (Å²) in [7, 11) is 0. The predicted octanol–water partition coefficient (Wildman–Crippen LogP) is 2.07. The van der Waals surface area contributed by atoms with Crippen LogP contribution < -0.4 is 0 Å². The SMILES string of the molecule is CCCCN(CCCO)Cc1ccccn1. The lowest BCUT2D eigenvalue weighted by Gasteiger charge is -2.21. The number of aliphatic hydroxyl groups is 1. The molecule has 0 spiro atoms. The van der Waals surface area contributed by atoms with E-state index in [4.69, 9.17) is 5.11 Å². The molecule has 0 atom stereocenters. The highest BCUT2D eigenvalue weighted by molar-refractivity contribution is 5.03. The molecule has 0 aliphatic heterocycles. The van der Waals surface area contributed by atoms with E-state index in [2.05, 4.69) is 22.9 Å². The van der Waals surface area contributed by atoms with E-state index in [-0.39, 0.29) is 6.61 Å². The molecule has 3 heteroatoms. The van der Waals surface area contributed by atoms with E-state index in [0.29, 0.717) is 0 Å². The first-order valence-electron chi connectivity index (χ1n) is 6.10. The summed E-state index contributed by atoms with van der Waals surface area (Å²) in [4.78, 5) is 6.69. The Balaban J connectivity index is 2.42. The second-order valence-electron chi connectivity index (χ2n) is 4.03. The fourth-order valence-corrected chi connectivity index (χ4v) is 1.67. The van der Waals surface area contributed by atoms with Crippen LogP contribution in [-0.2, 0) is 6.54 Å². The number of rotatable bonds is 8. The zero-order valence-electron chi connectivity index (χ0n) is 10.1. The van der Waals surface area contributed by atoms with Gasteiger partial charge in [-0.15, -0.1) is 0 Å². The van der Waals surface area contributed by atoms with E-state index in [1.54, 1.807) is 0 Å². The number of pyridine rings is 1. The topological polar surface area (TPSA) is 36.4 Å². The van der Waals surface area contributed by atoms with Crippen molar-refractivity contribution in [3.63, 3.8) is 0 Å². The molecule has 1 aromatic heterocycles. The highest BCUT2D eigenvalue weighted by Crippen LogP contribution is 2.04. The summed E-state index contributed by atoms with van der Waals surface area (Å²) >= 11 is 0. The fraction of sp³-hybridized carbons (Fsp3) is 0.615. The maximum absolute atomic E-state index is 8.86. The van der Waals surface area contributed by atoms with Crippen LogP contribution in [0.25, 0.3) is 0 Å². The Bertz CT molecular complexity index is 256. The second-order valence-corrected chi connectivity index (χ2v) is 4.03. The number of aliphatic hydroxyl groups excluding tert-OH is 1. The molecule has 0 aliphatic rings. The highest BCUT2D eigenvalue weighted by atomic mass is 16.3. The lowest BCUT2D eigenvalue weighted by molar-refractivity contribution is 0.214. The summed E-state index contributed by atoms with van der Waals surface area (Å²) in [5.41, 5.74) is 1.11. The summed E-state index contributed by atoms with van der Waals surface area (Å²) in [6.45, 7) is 5.40. The Morgan fingerprint density at radius 2 is 2.06 bits per heavy atom. The Morgan fingerprint density at radius 3 is 2.69 bits per heavy atom. The molecule has 0 saturated heterocycles.